The summed E-state index contributed by atoms with van der Waals surface area (Å²) in [5.74, 6) is 2.26. The molecule has 2 N–H and O–H groups in total. The summed E-state index contributed by atoms with van der Waals surface area (Å²) in [7, 11) is 7.10. The molecule has 2 rings (SSSR count). The van der Waals surface area contributed by atoms with Crippen molar-refractivity contribution < 1.29 is 9.47 Å². The molecule has 150 valence electrons. The minimum Gasteiger partial charge on any atom is -0.493 e. The molecule has 0 spiro atoms. The fourth-order valence-electron chi connectivity index (χ4n) is 2.74. The van der Waals surface area contributed by atoms with Gasteiger partial charge in [0.15, 0.2) is 17.5 Å². The van der Waals surface area contributed by atoms with Crippen LogP contribution in [0.2, 0.25) is 0 Å². The molecular formula is C20H31IN4O2. The number of benzene rings is 1. The molecule has 0 amide bonds. The molecule has 0 saturated carbocycles. The lowest BCUT2D eigenvalue weighted by Crippen LogP contribution is -2.43. The first-order valence-electron chi connectivity index (χ1n) is 8.67. The number of ether oxygens (including phenoxy) is 2. The van der Waals surface area contributed by atoms with Crippen LogP contribution in [0.3, 0.4) is 0 Å². The molecule has 0 saturated heterocycles. The maximum absolute atomic E-state index is 5.42. The van der Waals surface area contributed by atoms with Gasteiger partial charge in [-0.25, -0.2) is 0 Å². The Kier molecular flexibility index (Phi) is 8.95. The van der Waals surface area contributed by atoms with Gasteiger partial charge in [0.1, 0.15) is 0 Å². The molecular weight excluding hydrogens is 455 g/mol. The monoisotopic (exact) mass is 486 g/mol. The SMILES string of the molecule is CN=C(NCc1ccn(C)c1)NCC(C)(C)c1ccc(OC)c(OC)c1.I. The molecule has 6 nitrogen and oxygen atoms in total. The number of aliphatic imine (C=N–C) groups is 1. The van der Waals surface area contributed by atoms with Crippen molar-refractivity contribution >= 4 is 29.9 Å². The van der Waals surface area contributed by atoms with Crippen molar-refractivity contribution in [3.8, 4) is 11.5 Å². The first-order chi connectivity index (χ1) is 12.4. The second kappa shape index (κ2) is 10.4. The number of nitrogens with zero attached hydrogens (tertiary/aromatic N) is 2. The van der Waals surface area contributed by atoms with Crippen molar-refractivity contribution in [2.45, 2.75) is 25.8 Å². The van der Waals surface area contributed by atoms with Gasteiger partial charge in [-0.3, -0.25) is 4.99 Å². The molecule has 0 unspecified atom stereocenters. The van der Waals surface area contributed by atoms with Crippen LogP contribution in [0.5, 0.6) is 11.5 Å². The molecule has 1 aromatic heterocycles. The second-order valence-electron chi connectivity index (χ2n) is 6.92. The van der Waals surface area contributed by atoms with Gasteiger partial charge in [0, 0.05) is 45.0 Å². The number of guanidine groups is 1. The second-order valence-corrected chi connectivity index (χ2v) is 6.92. The molecule has 0 aliphatic heterocycles. The predicted molar refractivity (Wildman–Crippen MR) is 122 cm³/mol. The lowest BCUT2D eigenvalue weighted by molar-refractivity contribution is 0.353. The minimum atomic E-state index is -0.107. The minimum absolute atomic E-state index is 0. The van der Waals surface area contributed by atoms with Gasteiger partial charge >= 0.3 is 0 Å². The third-order valence-corrected chi connectivity index (χ3v) is 4.44. The standard InChI is InChI=1S/C20H30N4O2.HI/c1-20(2,16-7-8-17(25-5)18(11-16)26-6)14-23-19(21-3)22-12-15-9-10-24(4)13-15;/h7-11,13H,12,14H2,1-6H3,(H2,21,22,23);1H. The summed E-state index contributed by atoms with van der Waals surface area (Å²) in [5.41, 5.74) is 2.28. The topological polar surface area (TPSA) is 59.8 Å². The summed E-state index contributed by atoms with van der Waals surface area (Å²) in [6, 6.07) is 8.14. The molecule has 0 radical (unpaired) electrons. The van der Waals surface area contributed by atoms with Gasteiger partial charge in [0.05, 0.1) is 14.2 Å². The van der Waals surface area contributed by atoms with Crippen LogP contribution in [0, 0.1) is 0 Å². The Balaban J connectivity index is 0.00000364. The summed E-state index contributed by atoms with van der Waals surface area (Å²) >= 11 is 0. The molecule has 0 atom stereocenters. The van der Waals surface area contributed by atoms with Crippen LogP contribution in [0.15, 0.2) is 41.7 Å². The number of rotatable bonds is 7. The van der Waals surface area contributed by atoms with Gasteiger partial charge in [0.2, 0.25) is 0 Å². The van der Waals surface area contributed by atoms with E-state index in [1.807, 2.05) is 29.9 Å². The van der Waals surface area contributed by atoms with E-state index in [4.69, 9.17) is 9.47 Å². The molecule has 0 fully saturated rings. The van der Waals surface area contributed by atoms with Crippen LogP contribution >= 0.6 is 24.0 Å². The molecule has 1 aromatic carbocycles. The summed E-state index contributed by atoms with van der Waals surface area (Å²) < 4.78 is 12.8. The van der Waals surface area contributed by atoms with Crippen molar-refractivity contribution in [1.29, 1.82) is 0 Å². The fourth-order valence-corrected chi connectivity index (χ4v) is 2.74. The quantitative estimate of drug-likeness (QED) is 0.358. The van der Waals surface area contributed by atoms with Crippen LogP contribution in [0.1, 0.15) is 25.0 Å². The van der Waals surface area contributed by atoms with E-state index < -0.39 is 0 Å². The van der Waals surface area contributed by atoms with Gasteiger partial charge < -0.3 is 24.7 Å². The van der Waals surface area contributed by atoms with Gasteiger partial charge in [-0.05, 0) is 29.3 Å². The number of aryl methyl sites for hydroxylation is 1. The van der Waals surface area contributed by atoms with Crippen molar-refractivity contribution in [3.63, 3.8) is 0 Å². The molecule has 7 heteroatoms. The lowest BCUT2D eigenvalue weighted by atomic mass is 9.84. The van der Waals surface area contributed by atoms with Crippen molar-refractivity contribution in [3.05, 3.63) is 47.8 Å². The Bertz CT molecular complexity index is 756. The number of hydrogen-bond donors (Lipinski definition) is 2. The third kappa shape index (κ3) is 6.34. The summed E-state index contributed by atoms with van der Waals surface area (Å²) in [4.78, 5) is 4.31. The van der Waals surface area contributed by atoms with Crippen molar-refractivity contribution in [2.24, 2.45) is 12.0 Å². The average Bonchev–Trinajstić information content (AvgIpc) is 3.06. The molecule has 0 aliphatic carbocycles. The van der Waals surface area contributed by atoms with Crippen molar-refractivity contribution in [2.75, 3.05) is 27.8 Å². The smallest absolute Gasteiger partial charge is 0.191 e. The molecule has 0 bridgehead atoms. The normalized spacial score (nSPS) is 11.6. The Labute approximate surface area is 179 Å². The Morgan fingerprint density at radius 2 is 1.81 bits per heavy atom. The van der Waals surface area contributed by atoms with E-state index in [0.717, 1.165) is 30.5 Å². The van der Waals surface area contributed by atoms with Crippen molar-refractivity contribution in [1.82, 2.24) is 15.2 Å². The Morgan fingerprint density at radius 3 is 2.37 bits per heavy atom. The third-order valence-electron chi connectivity index (χ3n) is 4.44. The summed E-state index contributed by atoms with van der Waals surface area (Å²) in [5, 5.41) is 6.76. The largest absolute Gasteiger partial charge is 0.493 e. The average molecular weight is 486 g/mol. The van der Waals surface area contributed by atoms with Gasteiger partial charge in [-0.1, -0.05) is 19.9 Å². The highest BCUT2D eigenvalue weighted by atomic mass is 127. The van der Waals surface area contributed by atoms with E-state index >= 15 is 0 Å². The van der Waals surface area contributed by atoms with E-state index in [1.165, 1.54) is 11.1 Å². The fraction of sp³-hybridized carbons (Fsp3) is 0.450. The molecule has 1 heterocycles. The summed E-state index contributed by atoms with van der Waals surface area (Å²) in [6.45, 7) is 5.84. The highest BCUT2D eigenvalue weighted by molar-refractivity contribution is 14.0. The van der Waals surface area contributed by atoms with E-state index in [1.54, 1.807) is 21.3 Å². The number of aromatic nitrogens is 1. The highest BCUT2D eigenvalue weighted by Gasteiger charge is 2.22. The Morgan fingerprint density at radius 1 is 1.11 bits per heavy atom. The number of hydrogen-bond acceptors (Lipinski definition) is 3. The number of nitrogens with one attached hydrogen (secondary N) is 2. The van der Waals surface area contributed by atoms with E-state index in [-0.39, 0.29) is 29.4 Å². The number of methoxy groups -OCH3 is 2. The van der Waals surface area contributed by atoms with Crippen LogP contribution in [0.4, 0.5) is 0 Å². The van der Waals surface area contributed by atoms with Gasteiger partial charge in [0.25, 0.3) is 0 Å². The van der Waals surface area contributed by atoms with E-state index in [2.05, 4.69) is 47.8 Å². The summed E-state index contributed by atoms with van der Waals surface area (Å²) in [6.07, 6.45) is 4.13. The predicted octanol–water partition coefficient (Wildman–Crippen LogP) is 3.30. The van der Waals surface area contributed by atoms with Crippen LogP contribution < -0.4 is 20.1 Å². The van der Waals surface area contributed by atoms with Gasteiger partial charge in [-0.2, -0.15) is 0 Å². The van der Waals surface area contributed by atoms with Crippen LogP contribution in [-0.2, 0) is 19.0 Å². The molecule has 2 aromatic rings. The zero-order valence-corrected chi connectivity index (χ0v) is 19.3. The zero-order valence-electron chi connectivity index (χ0n) is 17.0. The van der Waals surface area contributed by atoms with E-state index in [9.17, 15) is 0 Å². The number of halogens is 1. The van der Waals surface area contributed by atoms with Crippen LogP contribution in [0.25, 0.3) is 0 Å². The van der Waals surface area contributed by atoms with E-state index in [0.29, 0.717) is 0 Å². The first kappa shape index (κ1) is 23.1. The maximum atomic E-state index is 5.42. The van der Waals surface area contributed by atoms with Gasteiger partial charge in [-0.15, -0.1) is 24.0 Å². The lowest BCUT2D eigenvalue weighted by Gasteiger charge is -2.27. The Hall–Kier alpha value is -1.90. The molecule has 0 aliphatic rings. The maximum Gasteiger partial charge on any atom is 0.191 e. The molecule has 27 heavy (non-hydrogen) atoms. The van der Waals surface area contributed by atoms with Crippen LogP contribution in [-0.4, -0.2) is 38.3 Å². The highest BCUT2D eigenvalue weighted by Crippen LogP contribution is 2.32. The zero-order chi connectivity index (χ0) is 19.2. The first-order valence-corrected chi connectivity index (χ1v) is 8.67.